The van der Waals surface area contributed by atoms with E-state index >= 15 is 0 Å². The molecule has 1 amide bonds. The van der Waals surface area contributed by atoms with Crippen LogP contribution in [0.1, 0.15) is 20.3 Å². The van der Waals surface area contributed by atoms with Crippen LogP contribution in [0.3, 0.4) is 0 Å². The van der Waals surface area contributed by atoms with Crippen molar-refractivity contribution < 1.29 is 27.7 Å². The topological polar surface area (TPSA) is 154 Å². The van der Waals surface area contributed by atoms with Crippen molar-refractivity contribution in [3.63, 3.8) is 0 Å². The maximum absolute atomic E-state index is 13.5. The molecular formula is C25H21N5O7S. The molecule has 0 N–H and O–H groups in total. The summed E-state index contributed by atoms with van der Waals surface area (Å²) in [6.45, 7) is 3.11. The van der Waals surface area contributed by atoms with Crippen molar-refractivity contribution in [2.24, 2.45) is 11.0 Å². The number of nitrogens with zero attached hydrogens (tertiary/aromatic N) is 5. The molecule has 3 aromatic rings. The molecule has 0 fully saturated rings. The Morgan fingerprint density at radius 3 is 2.58 bits per heavy atom. The van der Waals surface area contributed by atoms with Crippen molar-refractivity contribution in [1.29, 1.82) is 0 Å². The largest absolute Gasteiger partial charge is 0.426 e. The first kappa shape index (κ1) is 25.0. The molecule has 0 saturated heterocycles. The molecule has 2 aromatic carbocycles. The zero-order chi connectivity index (χ0) is 27.2. The number of fused-ring (bicyclic) bond motifs is 1. The molecule has 13 heteroatoms. The predicted octanol–water partition coefficient (Wildman–Crippen LogP) is 3.34. The van der Waals surface area contributed by atoms with E-state index in [2.05, 4.69) is 10.2 Å². The number of nitro benzene ring substituents is 1. The molecule has 0 bridgehead atoms. The lowest BCUT2D eigenvalue weighted by molar-refractivity contribution is -0.384. The standard InChI is InChI=1S/C25H21N5O7S/c1-16-22(24(32)37-20-10-8-18(9-11-20)30(33)34)23(31)28(27-16)19-7-6-17-15-26-29(21(17)14-19)38(35,36)25(2)12-4-3-5-13-25/h3-12,14-15,22H,13H2,1-2H3. The Morgan fingerprint density at radius 2 is 1.92 bits per heavy atom. The summed E-state index contributed by atoms with van der Waals surface area (Å²) >= 11 is 0. The molecule has 2 heterocycles. The average Bonchev–Trinajstić information content (AvgIpc) is 3.44. The monoisotopic (exact) mass is 535 g/mol. The van der Waals surface area contributed by atoms with E-state index in [1.165, 1.54) is 43.5 Å². The summed E-state index contributed by atoms with van der Waals surface area (Å²) in [5, 5.41) is 20.7. The van der Waals surface area contributed by atoms with E-state index in [1.807, 2.05) is 0 Å². The Kier molecular flexibility index (Phi) is 5.94. The summed E-state index contributed by atoms with van der Waals surface area (Å²) < 4.78 is 32.0. The van der Waals surface area contributed by atoms with Gasteiger partial charge in [0.05, 0.1) is 28.0 Å². The highest BCUT2D eigenvalue weighted by atomic mass is 32.2. The molecule has 1 aromatic heterocycles. The average molecular weight is 536 g/mol. The van der Waals surface area contributed by atoms with E-state index in [1.54, 1.807) is 43.4 Å². The number of anilines is 1. The highest BCUT2D eigenvalue weighted by Crippen LogP contribution is 2.33. The zero-order valence-corrected chi connectivity index (χ0v) is 21.0. The molecule has 0 radical (unpaired) electrons. The van der Waals surface area contributed by atoms with Gasteiger partial charge in [-0.2, -0.15) is 19.3 Å². The van der Waals surface area contributed by atoms with Crippen LogP contribution in [0.5, 0.6) is 5.75 Å². The van der Waals surface area contributed by atoms with Crippen molar-refractivity contribution in [3.05, 3.63) is 83.1 Å². The first-order chi connectivity index (χ1) is 18.0. The molecule has 5 rings (SSSR count). The fourth-order valence-corrected chi connectivity index (χ4v) is 5.78. The third kappa shape index (κ3) is 4.06. The van der Waals surface area contributed by atoms with Crippen LogP contribution >= 0.6 is 0 Å². The van der Waals surface area contributed by atoms with Gasteiger partial charge < -0.3 is 4.74 Å². The van der Waals surface area contributed by atoms with Crippen molar-refractivity contribution in [1.82, 2.24) is 9.19 Å². The third-order valence-corrected chi connectivity index (χ3v) is 8.66. The summed E-state index contributed by atoms with van der Waals surface area (Å²) in [6.07, 6.45) is 8.53. The first-order valence-electron chi connectivity index (χ1n) is 11.4. The van der Waals surface area contributed by atoms with Crippen LogP contribution in [0.4, 0.5) is 11.4 Å². The number of benzene rings is 2. The summed E-state index contributed by atoms with van der Waals surface area (Å²) in [5.74, 6) is -2.88. The fourth-order valence-electron chi connectivity index (χ4n) is 4.24. The van der Waals surface area contributed by atoms with Gasteiger partial charge in [0.15, 0.2) is 5.92 Å². The van der Waals surface area contributed by atoms with Crippen LogP contribution in [0.15, 0.2) is 78.1 Å². The molecule has 0 spiro atoms. The third-order valence-electron chi connectivity index (χ3n) is 6.44. The number of hydrogen-bond acceptors (Lipinski definition) is 9. The molecule has 0 saturated carbocycles. The highest BCUT2D eigenvalue weighted by Gasteiger charge is 2.42. The predicted molar refractivity (Wildman–Crippen MR) is 138 cm³/mol. The van der Waals surface area contributed by atoms with Gasteiger partial charge in [-0.3, -0.25) is 19.7 Å². The van der Waals surface area contributed by atoms with Crippen molar-refractivity contribution in [2.45, 2.75) is 25.0 Å². The fraction of sp³-hybridized carbons (Fsp3) is 0.200. The number of amides is 1. The lowest BCUT2D eigenvalue weighted by Gasteiger charge is -2.26. The lowest BCUT2D eigenvalue weighted by atomic mass is 10.0. The van der Waals surface area contributed by atoms with Gasteiger partial charge >= 0.3 is 5.97 Å². The highest BCUT2D eigenvalue weighted by molar-refractivity contribution is 7.91. The van der Waals surface area contributed by atoms with Crippen LogP contribution in [-0.4, -0.2) is 44.9 Å². The molecule has 12 nitrogen and oxygen atoms in total. The molecular weight excluding hydrogens is 514 g/mol. The Balaban J connectivity index is 1.42. The van der Waals surface area contributed by atoms with Crippen molar-refractivity contribution in [3.8, 4) is 5.75 Å². The van der Waals surface area contributed by atoms with Crippen LogP contribution in [0, 0.1) is 16.0 Å². The van der Waals surface area contributed by atoms with Gasteiger partial charge in [-0.05, 0) is 50.6 Å². The number of esters is 1. The van der Waals surface area contributed by atoms with Gasteiger partial charge in [0, 0.05) is 17.5 Å². The summed E-state index contributed by atoms with van der Waals surface area (Å²) in [7, 11) is -3.96. The Bertz CT molecular complexity index is 1690. The van der Waals surface area contributed by atoms with Crippen LogP contribution in [0.2, 0.25) is 0 Å². The van der Waals surface area contributed by atoms with Crippen molar-refractivity contribution >= 4 is 49.9 Å². The quantitative estimate of drug-likeness (QED) is 0.153. The van der Waals surface area contributed by atoms with Gasteiger partial charge in [-0.15, -0.1) is 0 Å². The second-order valence-corrected chi connectivity index (χ2v) is 11.3. The lowest BCUT2D eigenvalue weighted by Crippen LogP contribution is -2.38. The van der Waals surface area contributed by atoms with E-state index in [0.717, 1.165) is 9.10 Å². The minimum Gasteiger partial charge on any atom is -0.426 e. The van der Waals surface area contributed by atoms with Crippen LogP contribution in [0.25, 0.3) is 10.9 Å². The minimum absolute atomic E-state index is 0.0373. The number of nitro groups is 1. The number of non-ortho nitro benzene ring substituents is 1. The minimum atomic E-state index is -3.96. The van der Waals surface area contributed by atoms with Gasteiger partial charge in [0.1, 0.15) is 10.5 Å². The van der Waals surface area contributed by atoms with E-state index < -0.39 is 37.5 Å². The van der Waals surface area contributed by atoms with Crippen LogP contribution in [-0.2, 0) is 19.6 Å². The molecule has 194 valence electrons. The number of aromatic nitrogens is 2. The molecule has 2 atom stereocenters. The Hall–Kier alpha value is -4.65. The zero-order valence-electron chi connectivity index (χ0n) is 20.2. The number of hydrogen-bond donors (Lipinski definition) is 0. The maximum atomic E-state index is 13.5. The molecule has 2 unspecified atom stereocenters. The molecule has 2 aliphatic rings. The summed E-state index contributed by atoms with van der Waals surface area (Å²) in [4.78, 5) is 36.3. The number of allylic oxidation sites excluding steroid dienone is 3. The SMILES string of the molecule is CC1=NN(c2ccc3cnn(S(=O)(=O)C4(C)C=CC=CC4)c3c2)C(=O)C1C(=O)Oc1ccc([N+](=O)[O-])cc1. The molecule has 38 heavy (non-hydrogen) atoms. The summed E-state index contributed by atoms with van der Waals surface area (Å²) in [6, 6.07) is 9.54. The Morgan fingerprint density at radius 1 is 1.18 bits per heavy atom. The van der Waals surface area contributed by atoms with E-state index in [-0.39, 0.29) is 34.8 Å². The smallest absolute Gasteiger partial charge is 0.329 e. The second-order valence-electron chi connectivity index (χ2n) is 9.04. The van der Waals surface area contributed by atoms with Gasteiger partial charge in [0.2, 0.25) is 0 Å². The van der Waals surface area contributed by atoms with Crippen molar-refractivity contribution in [2.75, 3.05) is 5.01 Å². The number of carbonyl (C=O) groups is 2. The first-order valence-corrected chi connectivity index (χ1v) is 12.9. The normalized spacial score (nSPS) is 21.1. The number of rotatable bonds is 6. The number of carbonyl (C=O) groups excluding carboxylic acids is 2. The number of hydrazone groups is 1. The molecule has 1 aliphatic heterocycles. The van der Waals surface area contributed by atoms with Crippen LogP contribution < -0.4 is 9.75 Å². The van der Waals surface area contributed by atoms with E-state index in [4.69, 9.17) is 4.74 Å². The Labute approximate surface area is 216 Å². The van der Waals surface area contributed by atoms with Gasteiger partial charge in [-0.1, -0.05) is 24.3 Å². The van der Waals surface area contributed by atoms with E-state index in [9.17, 15) is 28.1 Å². The second kappa shape index (κ2) is 9.03. The van der Waals surface area contributed by atoms with Gasteiger partial charge in [0.25, 0.3) is 21.6 Å². The number of ether oxygens (including phenoxy) is 1. The van der Waals surface area contributed by atoms with E-state index in [0.29, 0.717) is 5.39 Å². The summed E-state index contributed by atoms with van der Waals surface area (Å²) in [5.41, 5.74) is 0.500. The van der Waals surface area contributed by atoms with Gasteiger partial charge in [-0.25, -0.2) is 8.42 Å². The maximum Gasteiger partial charge on any atom is 0.329 e. The molecule has 1 aliphatic carbocycles.